The quantitative estimate of drug-likeness (QED) is 0.459. The van der Waals surface area contributed by atoms with Crippen molar-refractivity contribution in [2.75, 3.05) is 0 Å². The van der Waals surface area contributed by atoms with Gasteiger partial charge in [0.2, 0.25) is 0 Å². The summed E-state index contributed by atoms with van der Waals surface area (Å²) in [5.41, 5.74) is -0.463. The highest BCUT2D eigenvalue weighted by atomic mass is 32.1. The molecule has 31 heavy (non-hydrogen) atoms. The van der Waals surface area contributed by atoms with Crippen LogP contribution >= 0.6 is 34.0 Å². The van der Waals surface area contributed by atoms with Crippen molar-refractivity contribution < 1.29 is 4.79 Å². The predicted octanol–water partition coefficient (Wildman–Crippen LogP) is 2.62. The van der Waals surface area contributed by atoms with Gasteiger partial charge in [0.1, 0.15) is 4.66 Å². The summed E-state index contributed by atoms with van der Waals surface area (Å²) in [6, 6.07) is 5.41. The van der Waals surface area contributed by atoms with E-state index in [2.05, 4.69) is 4.98 Å². The van der Waals surface area contributed by atoms with Crippen LogP contribution in [0.3, 0.4) is 0 Å². The van der Waals surface area contributed by atoms with Gasteiger partial charge in [0.05, 0.1) is 16.8 Å². The summed E-state index contributed by atoms with van der Waals surface area (Å²) in [7, 11) is 0. The minimum atomic E-state index is -0.563. The number of thiazole rings is 2. The number of Topliss-reactive ketones (excluding diaryl/α,β-unsaturated/α-hetero) is 1. The number of carbonyl (C=O) groups is 1. The van der Waals surface area contributed by atoms with Gasteiger partial charge in [0.15, 0.2) is 10.7 Å². The maximum Gasteiger partial charge on any atom is 0.269 e. The van der Waals surface area contributed by atoms with Crippen molar-refractivity contribution in [2.45, 2.75) is 34.2 Å². The SMILES string of the molecule is Cc1ccc(/C=c2\s/c(=C/C(=O)C(C)(C)C)n(Cc3cc(=O)n4ccsc4n3)c2=O)s1. The van der Waals surface area contributed by atoms with Crippen LogP contribution in [0.5, 0.6) is 0 Å². The second-order valence-corrected chi connectivity index (χ2v) is 11.4. The molecule has 0 N–H and O–H groups in total. The molecule has 0 aliphatic rings. The Morgan fingerprint density at radius 1 is 1.19 bits per heavy atom. The third kappa shape index (κ3) is 4.53. The number of fused-ring (bicyclic) bond motifs is 1. The largest absolute Gasteiger partial charge is 0.294 e. The molecule has 0 amide bonds. The third-order valence-corrected chi connectivity index (χ3v) is 7.41. The van der Waals surface area contributed by atoms with Crippen molar-refractivity contribution in [2.24, 2.45) is 5.41 Å². The number of thiophene rings is 1. The summed E-state index contributed by atoms with van der Waals surface area (Å²) < 4.78 is 4.10. The molecule has 0 saturated heterocycles. The molecule has 4 aromatic rings. The lowest BCUT2D eigenvalue weighted by atomic mass is 9.91. The summed E-state index contributed by atoms with van der Waals surface area (Å²) in [6.45, 7) is 7.67. The van der Waals surface area contributed by atoms with Crippen molar-refractivity contribution in [3.63, 3.8) is 0 Å². The van der Waals surface area contributed by atoms with Gasteiger partial charge in [0.25, 0.3) is 11.1 Å². The molecule has 4 heterocycles. The maximum absolute atomic E-state index is 13.2. The topological polar surface area (TPSA) is 73.4 Å². The first-order valence-electron chi connectivity index (χ1n) is 9.61. The molecule has 0 saturated carbocycles. The Morgan fingerprint density at radius 2 is 1.97 bits per heavy atom. The van der Waals surface area contributed by atoms with Crippen LogP contribution < -0.4 is 20.3 Å². The summed E-state index contributed by atoms with van der Waals surface area (Å²) >= 11 is 4.24. The van der Waals surface area contributed by atoms with Crippen LogP contribution in [0, 0.1) is 12.3 Å². The lowest BCUT2D eigenvalue weighted by Crippen LogP contribution is -2.33. The fraction of sp³-hybridized carbons (Fsp3) is 0.273. The number of ketones is 1. The van der Waals surface area contributed by atoms with Crippen LogP contribution in [0.15, 0.2) is 39.4 Å². The van der Waals surface area contributed by atoms with Crippen LogP contribution in [-0.4, -0.2) is 19.7 Å². The summed E-state index contributed by atoms with van der Waals surface area (Å²) in [5.74, 6) is -0.0669. The van der Waals surface area contributed by atoms with Crippen LogP contribution in [0.2, 0.25) is 0 Å². The molecule has 0 atom stereocenters. The molecule has 4 rings (SSSR count). The zero-order valence-electron chi connectivity index (χ0n) is 17.5. The highest BCUT2D eigenvalue weighted by molar-refractivity contribution is 7.15. The first-order chi connectivity index (χ1) is 14.6. The van der Waals surface area contributed by atoms with Gasteiger partial charge in [-0.2, -0.15) is 0 Å². The number of hydrogen-bond donors (Lipinski definition) is 0. The monoisotopic (exact) mass is 471 g/mol. The van der Waals surface area contributed by atoms with Crippen LogP contribution in [-0.2, 0) is 11.3 Å². The number of nitrogens with zero attached hydrogens (tertiary/aromatic N) is 3. The van der Waals surface area contributed by atoms with E-state index in [0.717, 1.165) is 9.75 Å². The van der Waals surface area contributed by atoms with Crippen molar-refractivity contribution in [1.29, 1.82) is 0 Å². The lowest BCUT2D eigenvalue weighted by Gasteiger charge is -2.12. The second-order valence-electron chi connectivity index (χ2n) is 8.19. The maximum atomic E-state index is 13.2. The molecule has 4 aromatic heterocycles. The summed E-state index contributed by atoms with van der Waals surface area (Å²) in [5, 5.41) is 1.79. The molecule has 0 aliphatic carbocycles. The Labute approximate surface area is 190 Å². The molecule has 0 spiro atoms. The lowest BCUT2D eigenvalue weighted by molar-refractivity contribution is -0.120. The molecular formula is C22H21N3O3S3. The molecule has 9 heteroatoms. The molecule has 0 aromatic carbocycles. The minimum Gasteiger partial charge on any atom is -0.294 e. The smallest absolute Gasteiger partial charge is 0.269 e. The van der Waals surface area contributed by atoms with Crippen LogP contribution in [0.4, 0.5) is 0 Å². The Bertz CT molecular complexity index is 1520. The van der Waals surface area contributed by atoms with E-state index < -0.39 is 5.41 Å². The van der Waals surface area contributed by atoms with Crippen molar-refractivity contribution >= 4 is 56.9 Å². The molecule has 6 nitrogen and oxygen atoms in total. The number of rotatable bonds is 4. The Kier molecular flexibility index (Phi) is 5.67. The number of aromatic nitrogens is 3. The van der Waals surface area contributed by atoms with Crippen molar-refractivity contribution in [1.82, 2.24) is 14.0 Å². The molecular weight excluding hydrogens is 450 g/mol. The second kappa shape index (κ2) is 8.14. The van der Waals surface area contributed by atoms with E-state index >= 15 is 0 Å². The van der Waals surface area contributed by atoms with Gasteiger partial charge in [-0.15, -0.1) is 34.0 Å². The van der Waals surface area contributed by atoms with Crippen molar-refractivity contribution in [3.05, 3.63) is 75.1 Å². The van der Waals surface area contributed by atoms with E-state index in [0.29, 0.717) is 19.8 Å². The fourth-order valence-corrected chi connectivity index (χ4v) is 5.58. The molecule has 0 unspecified atom stereocenters. The molecule has 160 valence electrons. The molecule has 0 radical (unpaired) electrons. The van der Waals surface area contributed by atoms with Crippen LogP contribution in [0.25, 0.3) is 17.1 Å². The fourth-order valence-electron chi connectivity index (χ4n) is 2.91. The first kappa shape index (κ1) is 21.6. The standard InChI is InChI=1S/C22H21N3O3S3/c1-13-5-6-15(30-13)10-16-20(28)25(19(31-16)11-17(26)22(2,3)4)12-14-9-18(27)24-7-8-29-21(24)23-14/h5-11H,12H2,1-4H3/b16-10-,19-11+. The Balaban J connectivity index is 1.89. The number of carbonyl (C=O) groups excluding carboxylic acids is 1. The summed E-state index contributed by atoms with van der Waals surface area (Å²) in [6.07, 6.45) is 5.05. The summed E-state index contributed by atoms with van der Waals surface area (Å²) in [4.78, 5) is 45.5. The van der Waals surface area contributed by atoms with Gasteiger partial charge in [-0.25, -0.2) is 4.98 Å². The van der Waals surface area contributed by atoms with Gasteiger partial charge in [-0.1, -0.05) is 20.8 Å². The van der Waals surface area contributed by atoms with Gasteiger partial charge < -0.3 is 0 Å². The average molecular weight is 472 g/mol. The van der Waals surface area contributed by atoms with E-state index in [4.69, 9.17) is 0 Å². The van der Waals surface area contributed by atoms with E-state index in [1.165, 1.54) is 43.8 Å². The molecule has 0 aliphatic heterocycles. The first-order valence-corrected chi connectivity index (χ1v) is 12.1. The van der Waals surface area contributed by atoms with Gasteiger partial charge in [0, 0.05) is 38.9 Å². The van der Waals surface area contributed by atoms with E-state index in [1.807, 2.05) is 45.9 Å². The van der Waals surface area contributed by atoms with Gasteiger partial charge in [-0.05, 0) is 25.1 Å². The molecule has 0 bridgehead atoms. The van der Waals surface area contributed by atoms with E-state index in [9.17, 15) is 14.4 Å². The zero-order chi connectivity index (χ0) is 22.3. The van der Waals surface area contributed by atoms with E-state index in [-0.39, 0.29) is 23.4 Å². The normalized spacial score (nSPS) is 13.4. The number of hydrogen-bond acceptors (Lipinski definition) is 7. The highest BCUT2D eigenvalue weighted by Crippen LogP contribution is 2.16. The number of aryl methyl sites for hydroxylation is 1. The third-order valence-electron chi connectivity index (χ3n) is 4.64. The van der Waals surface area contributed by atoms with E-state index in [1.54, 1.807) is 22.9 Å². The predicted molar refractivity (Wildman–Crippen MR) is 128 cm³/mol. The zero-order valence-corrected chi connectivity index (χ0v) is 20.0. The highest BCUT2D eigenvalue weighted by Gasteiger charge is 2.20. The van der Waals surface area contributed by atoms with Crippen molar-refractivity contribution in [3.8, 4) is 0 Å². The Hall–Kier alpha value is -2.62. The molecule has 0 fully saturated rings. The van der Waals surface area contributed by atoms with Gasteiger partial charge in [-0.3, -0.25) is 23.4 Å². The average Bonchev–Trinajstić information content (AvgIpc) is 3.38. The minimum absolute atomic E-state index is 0.0669. The van der Waals surface area contributed by atoms with Crippen LogP contribution in [0.1, 0.15) is 36.2 Å². The Morgan fingerprint density at radius 3 is 2.65 bits per heavy atom. The van der Waals surface area contributed by atoms with Gasteiger partial charge >= 0.3 is 0 Å².